The summed E-state index contributed by atoms with van der Waals surface area (Å²) in [7, 11) is -1.44. The summed E-state index contributed by atoms with van der Waals surface area (Å²) in [5.74, 6) is -4.16. The fourth-order valence-corrected chi connectivity index (χ4v) is 7.41. The van der Waals surface area contributed by atoms with Crippen LogP contribution in [0.2, 0.25) is 19.6 Å². The van der Waals surface area contributed by atoms with Crippen LogP contribution in [0.15, 0.2) is 23.4 Å². The van der Waals surface area contributed by atoms with E-state index in [1.807, 2.05) is 26.8 Å². The summed E-state index contributed by atoms with van der Waals surface area (Å²) in [6.45, 7) is 12.7. The van der Waals surface area contributed by atoms with Crippen LogP contribution < -0.4 is 0 Å². The van der Waals surface area contributed by atoms with Gasteiger partial charge in [0.25, 0.3) is 5.79 Å². The Balaban J connectivity index is 1.91. The van der Waals surface area contributed by atoms with Gasteiger partial charge in [0, 0.05) is 11.0 Å². The van der Waals surface area contributed by atoms with Crippen LogP contribution in [0.3, 0.4) is 0 Å². The van der Waals surface area contributed by atoms with Gasteiger partial charge in [-0.1, -0.05) is 64.7 Å². The molecular formula is C23H34O5Si. The number of allylic oxidation sites excluding steroid dienone is 2. The molecule has 4 rings (SSSR count). The fraction of sp³-hybridized carbons (Fsp3) is 0.739. The Morgan fingerprint density at radius 1 is 1.07 bits per heavy atom. The van der Waals surface area contributed by atoms with E-state index in [0.29, 0.717) is 19.3 Å². The van der Waals surface area contributed by atoms with E-state index in [0.717, 1.165) is 12.8 Å². The number of rotatable bonds is 2. The second-order valence-corrected chi connectivity index (χ2v) is 16.9. The van der Waals surface area contributed by atoms with Crippen molar-refractivity contribution in [3.8, 4) is 0 Å². The van der Waals surface area contributed by atoms with Crippen LogP contribution in [0.25, 0.3) is 0 Å². The molecule has 0 amide bonds. The van der Waals surface area contributed by atoms with Crippen molar-refractivity contribution in [3.63, 3.8) is 0 Å². The maximum atomic E-state index is 13.5. The van der Waals surface area contributed by atoms with E-state index in [1.165, 1.54) is 0 Å². The van der Waals surface area contributed by atoms with Gasteiger partial charge < -0.3 is 14.9 Å². The highest BCUT2D eigenvalue weighted by molar-refractivity contribution is 6.80. The van der Waals surface area contributed by atoms with Gasteiger partial charge in [0.1, 0.15) is 11.0 Å². The topological polar surface area (TPSA) is 83.8 Å². The van der Waals surface area contributed by atoms with Gasteiger partial charge >= 0.3 is 5.97 Å². The number of ketones is 1. The average Bonchev–Trinajstić information content (AvgIpc) is 2.82. The number of hydrogen-bond acceptors (Lipinski definition) is 5. The summed E-state index contributed by atoms with van der Waals surface area (Å²) in [5.41, 5.74) is -1.31. The molecule has 1 heterocycles. The van der Waals surface area contributed by atoms with Gasteiger partial charge in [-0.05, 0) is 31.1 Å². The molecule has 1 saturated heterocycles. The molecular weight excluding hydrogens is 384 g/mol. The molecule has 160 valence electrons. The Morgan fingerprint density at radius 3 is 2.34 bits per heavy atom. The number of carbonyl (C=O) groups excluding carboxylic acids is 2. The standard InChI is InChI=1S/C23H34O5Si/c1-19(2)8-7-9-21-17(19)23(27,28-18(21)25)16(24)15-14-20(3,10-11-22(15,21)26)12-13-29(4,5)6/h12-14,17,26-27H,7-11H2,1-6H3/b13-12+/t17-,20+,21-,22+,23+/m0/s1. The molecule has 0 aromatic heterocycles. The maximum absolute atomic E-state index is 13.5. The van der Waals surface area contributed by atoms with E-state index >= 15 is 0 Å². The molecule has 6 heteroatoms. The van der Waals surface area contributed by atoms with Crippen LogP contribution in [-0.2, 0) is 14.3 Å². The number of carbonyl (C=O) groups is 2. The molecule has 0 unspecified atom stereocenters. The summed E-state index contributed by atoms with van der Waals surface area (Å²) < 4.78 is 5.45. The summed E-state index contributed by atoms with van der Waals surface area (Å²) in [6, 6.07) is 0. The number of hydrogen-bond donors (Lipinski definition) is 2. The minimum atomic E-state index is -2.18. The van der Waals surface area contributed by atoms with Gasteiger partial charge in [-0.2, -0.15) is 0 Å². The lowest BCUT2D eigenvalue weighted by atomic mass is 9.42. The largest absolute Gasteiger partial charge is 0.424 e. The van der Waals surface area contributed by atoms with Crippen molar-refractivity contribution in [2.45, 2.75) is 83.9 Å². The third kappa shape index (κ3) is 2.58. The lowest BCUT2D eigenvalue weighted by Crippen LogP contribution is -2.70. The second-order valence-electron chi connectivity index (χ2n) is 11.8. The van der Waals surface area contributed by atoms with Crippen molar-refractivity contribution in [2.24, 2.45) is 22.2 Å². The molecule has 3 aliphatic carbocycles. The number of esters is 1. The molecule has 29 heavy (non-hydrogen) atoms. The minimum Gasteiger partial charge on any atom is -0.424 e. The molecule has 3 fully saturated rings. The van der Waals surface area contributed by atoms with E-state index in [-0.39, 0.29) is 5.57 Å². The van der Waals surface area contributed by atoms with Crippen molar-refractivity contribution >= 4 is 19.8 Å². The number of aliphatic hydroxyl groups is 2. The van der Waals surface area contributed by atoms with Crippen LogP contribution in [0.4, 0.5) is 0 Å². The molecule has 0 aromatic rings. The van der Waals surface area contributed by atoms with Crippen molar-refractivity contribution < 1.29 is 24.5 Å². The Bertz CT molecular complexity index is 852. The van der Waals surface area contributed by atoms with Gasteiger partial charge in [0.2, 0.25) is 5.78 Å². The first-order chi connectivity index (χ1) is 13.1. The second kappa shape index (κ2) is 5.71. The molecule has 0 radical (unpaired) electrons. The molecule has 0 aromatic carbocycles. The van der Waals surface area contributed by atoms with E-state index in [9.17, 15) is 19.8 Å². The SMILES string of the molecule is CC1(C)CCC[C@]23C(=O)O[C@](O)(C(=O)C4=C[C@@](C)(/C=C/[Si](C)(C)C)CC[C@@]42O)[C@@H]13. The van der Waals surface area contributed by atoms with E-state index < -0.39 is 53.4 Å². The highest BCUT2D eigenvalue weighted by Crippen LogP contribution is 2.71. The first-order valence-electron chi connectivity index (χ1n) is 10.8. The number of ether oxygens (including phenoxy) is 1. The zero-order valence-corrected chi connectivity index (χ0v) is 19.5. The predicted molar refractivity (Wildman–Crippen MR) is 112 cm³/mol. The van der Waals surface area contributed by atoms with Gasteiger partial charge in [-0.3, -0.25) is 9.59 Å². The molecule has 1 aliphatic heterocycles. The normalized spacial score (nSPS) is 46.2. The Labute approximate surface area is 174 Å². The van der Waals surface area contributed by atoms with Crippen LogP contribution in [0.5, 0.6) is 0 Å². The zero-order chi connectivity index (χ0) is 21.7. The van der Waals surface area contributed by atoms with Crippen LogP contribution in [0, 0.1) is 22.2 Å². The molecule has 5 atom stereocenters. The average molecular weight is 419 g/mol. The van der Waals surface area contributed by atoms with E-state index in [1.54, 1.807) is 0 Å². The summed E-state index contributed by atoms with van der Waals surface area (Å²) in [4.78, 5) is 26.7. The molecule has 0 spiro atoms. The van der Waals surface area contributed by atoms with Crippen molar-refractivity contribution in [1.29, 1.82) is 0 Å². The molecule has 2 bridgehead atoms. The quantitative estimate of drug-likeness (QED) is 0.529. The van der Waals surface area contributed by atoms with Gasteiger partial charge in [-0.15, -0.1) is 0 Å². The van der Waals surface area contributed by atoms with Gasteiger partial charge in [0.05, 0.1) is 14.0 Å². The molecule has 5 nitrogen and oxygen atoms in total. The lowest BCUT2D eigenvalue weighted by molar-refractivity contribution is -0.235. The zero-order valence-electron chi connectivity index (χ0n) is 18.5. The highest BCUT2D eigenvalue weighted by atomic mass is 28.3. The molecule has 2 saturated carbocycles. The number of fused-ring (bicyclic) bond motifs is 1. The summed E-state index contributed by atoms with van der Waals surface area (Å²) >= 11 is 0. The summed E-state index contributed by atoms with van der Waals surface area (Å²) in [6.07, 6.45) is 6.87. The monoisotopic (exact) mass is 418 g/mol. The Morgan fingerprint density at radius 2 is 1.72 bits per heavy atom. The van der Waals surface area contributed by atoms with E-state index in [2.05, 4.69) is 31.4 Å². The van der Waals surface area contributed by atoms with Crippen molar-refractivity contribution in [1.82, 2.24) is 0 Å². The molecule has 2 N–H and O–H groups in total. The Kier molecular flexibility index (Phi) is 4.14. The fourth-order valence-electron chi connectivity index (χ4n) is 6.53. The van der Waals surface area contributed by atoms with Crippen LogP contribution in [0.1, 0.15) is 52.9 Å². The Hall–Kier alpha value is -1.24. The van der Waals surface area contributed by atoms with Crippen LogP contribution >= 0.6 is 0 Å². The number of Topliss-reactive ketones (excluding diaryl/α,β-unsaturated/α-hetero) is 1. The van der Waals surface area contributed by atoms with Crippen molar-refractivity contribution in [2.75, 3.05) is 0 Å². The third-order valence-electron chi connectivity index (χ3n) is 7.89. The summed E-state index contributed by atoms with van der Waals surface area (Å²) in [5, 5.41) is 23.4. The van der Waals surface area contributed by atoms with E-state index in [4.69, 9.17) is 4.74 Å². The third-order valence-corrected chi connectivity index (χ3v) is 9.05. The van der Waals surface area contributed by atoms with Crippen molar-refractivity contribution in [3.05, 3.63) is 23.4 Å². The predicted octanol–water partition coefficient (Wildman–Crippen LogP) is 3.52. The smallest absolute Gasteiger partial charge is 0.318 e. The first kappa shape index (κ1) is 21.0. The highest BCUT2D eigenvalue weighted by Gasteiger charge is 2.83. The molecule has 4 aliphatic rings. The maximum Gasteiger partial charge on any atom is 0.318 e. The minimum absolute atomic E-state index is 0.175. The lowest BCUT2D eigenvalue weighted by Gasteiger charge is -2.59. The van der Waals surface area contributed by atoms with Crippen LogP contribution in [-0.4, -0.2) is 41.4 Å². The van der Waals surface area contributed by atoms with Gasteiger partial charge in [-0.25, -0.2) is 0 Å². The van der Waals surface area contributed by atoms with Gasteiger partial charge in [0.15, 0.2) is 0 Å². The first-order valence-corrected chi connectivity index (χ1v) is 14.4.